The molecule has 4 aromatic rings. The normalized spacial score (nSPS) is 10.7. The van der Waals surface area contributed by atoms with Crippen LogP contribution >= 0.6 is 12.2 Å². The van der Waals surface area contributed by atoms with Gasteiger partial charge in [0.05, 0.1) is 0 Å². The van der Waals surface area contributed by atoms with Crippen molar-refractivity contribution in [3.05, 3.63) is 94.9 Å². The van der Waals surface area contributed by atoms with E-state index in [2.05, 4.69) is 15.6 Å². The number of anilines is 1. The Morgan fingerprint density at radius 2 is 1.77 bits per heavy atom. The summed E-state index contributed by atoms with van der Waals surface area (Å²) in [6.07, 6.45) is 0.600. The fourth-order valence-electron chi connectivity index (χ4n) is 3.17. The van der Waals surface area contributed by atoms with Crippen molar-refractivity contribution >= 4 is 40.0 Å². The van der Waals surface area contributed by atoms with Gasteiger partial charge in [-0.05, 0) is 73.6 Å². The number of oxazole rings is 1. The molecular weight excluding hydrogens is 394 g/mol. The van der Waals surface area contributed by atoms with Gasteiger partial charge in [-0.3, -0.25) is 10.1 Å². The zero-order chi connectivity index (χ0) is 21.1. The molecule has 30 heavy (non-hydrogen) atoms. The van der Waals surface area contributed by atoms with E-state index < -0.39 is 0 Å². The Kier molecular flexibility index (Phi) is 5.59. The van der Waals surface area contributed by atoms with E-state index in [4.69, 9.17) is 16.6 Å². The molecule has 6 heteroatoms. The summed E-state index contributed by atoms with van der Waals surface area (Å²) in [5.41, 5.74) is 6.28. The molecule has 0 aliphatic heterocycles. The summed E-state index contributed by atoms with van der Waals surface area (Å²) in [4.78, 5) is 16.9. The summed E-state index contributed by atoms with van der Waals surface area (Å²) in [5, 5.41) is 5.99. The molecule has 2 N–H and O–H groups in total. The molecule has 5 nitrogen and oxygen atoms in total. The summed E-state index contributed by atoms with van der Waals surface area (Å²) in [6.45, 7) is 3.98. The minimum absolute atomic E-state index is 0.237. The van der Waals surface area contributed by atoms with Crippen LogP contribution in [0.5, 0.6) is 0 Å². The molecule has 150 valence electrons. The molecule has 1 heterocycles. The number of rotatable bonds is 4. The molecule has 0 atom stereocenters. The first-order valence-electron chi connectivity index (χ1n) is 9.60. The third-order valence-corrected chi connectivity index (χ3v) is 4.87. The average Bonchev–Trinajstić information content (AvgIpc) is 3.10. The number of aromatic nitrogens is 1. The van der Waals surface area contributed by atoms with Crippen LogP contribution in [0.3, 0.4) is 0 Å². The van der Waals surface area contributed by atoms with E-state index in [0.29, 0.717) is 17.9 Å². The third kappa shape index (κ3) is 4.72. The van der Waals surface area contributed by atoms with Crippen LogP contribution in [0.25, 0.3) is 11.1 Å². The number of carbonyl (C=O) groups excluding carboxylic acids is 1. The molecular formula is C24H21N3O2S. The standard InChI is InChI=1S/C24H21N3O2S/c1-15-4-3-5-18(12-15)23(28)27-24(30)25-19-9-7-17(8-10-19)14-22-26-20-13-16(2)6-11-21(20)29-22/h3-13H,14H2,1-2H3,(H2,25,27,28,30). The number of nitrogens with zero attached hydrogens (tertiary/aromatic N) is 1. The highest BCUT2D eigenvalue weighted by Gasteiger charge is 2.09. The lowest BCUT2D eigenvalue weighted by Gasteiger charge is -2.10. The van der Waals surface area contributed by atoms with Gasteiger partial charge >= 0.3 is 0 Å². The molecule has 4 rings (SSSR count). The monoisotopic (exact) mass is 415 g/mol. The van der Waals surface area contributed by atoms with E-state index in [9.17, 15) is 4.79 Å². The number of aryl methyl sites for hydroxylation is 2. The molecule has 0 bridgehead atoms. The first-order chi connectivity index (χ1) is 14.5. The van der Waals surface area contributed by atoms with Crippen LogP contribution in [0.4, 0.5) is 5.69 Å². The summed E-state index contributed by atoms with van der Waals surface area (Å²) in [7, 11) is 0. The van der Waals surface area contributed by atoms with Crippen molar-refractivity contribution < 1.29 is 9.21 Å². The van der Waals surface area contributed by atoms with E-state index in [-0.39, 0.29) is 11.0 Å². The average molecular weight is 416 g/mol. The largest absolute Gasteiger partial charge is 0.440 e. The molecule has 0 fully saturated rings. The number of benzene rings is 3. The second-order valence-electron chi connectivity index (χ2n) is 7.23. The fraction of sp³-hybridized carbons (Fsp3) is 0.125. The molecule has 0 saturated carbocycles. The number of carbonyl (C=O) groups is 1. The van der Waals surface area contributed by atoms with Crippen molar-refractivity contribution in [2.45, 2.75) is 20.3 Å². The summed E-state index contributed by atoms with van der Waals surface area (Å²) in [5.74, 6) is 0.441. The maximum Gasteiger partial charge on any atom is 0.257 e. The first kappa shape index (κ1) is 19.8. The Morgan fingerprint density at radius 3 is 2.53 bits per heavy atom. The number of hydrogen-bond acceptors (Lipinski definition) is 4. The molecule has 1 aromatic heterocycles. The first-order valence-corrected chi connectivity index (χ1v) is 10.0. The zero-order valence-corrected chi connectivity index (χ0v) is 17.5. The number of amides is 1. The minimum Gasteiger partial charge on any atom is -0.440 e. The van der Waals surface area contributed by atoms with Crippen LogP contribution in [0.15, 0.2) is 71.1 Å². The summed E-state index contributed by atoms with van der Waals surface area (Å²) in [6, 6.07) is 21.1. The highest BCUT2D eigenvalue weighted by Crippen LogP contribution is 2.20. The van der Waals surface area contributed by atoms with Crippen molar-refractivity contribution in [1.29, 1.82) is 0 Å². The van der Waals surface area contributed by atoms with E-state index in [1.54, 1.807) is 6.07 Å². The Bertz CT molecular complexity index is 1230. The molecule has 0 aliphatic carbocycles. The molecule has 0 saturated heterocycles. The van der Waals surface area contributed by atoms with Crippen LogP contribution in [0, 0.1) is 13.8 Å². The van der Waals surface area contributed by atoms with Gasteiger partial charge in [0.1, 0.15) is 5.52 Å². The quantitative estimate of drug-likeness (QED) is 0.451. The minimum atomic E-state index is -0.237. The maximum atomic E-state index is 12.3. The van der Waals surface area contributed by atoms with Gasteiger partial charge in [-0.1, -0.05) is 35.9 Å². The number of hydrogen-bond donors (Lipinski definition) is 2. The summed E-state index contributed by atoms with van der Waals surface area (Å²) >= 11 is 5.26. The lowest BCUT2D eigenvalue weighted by atomic mass is 10.1. The van der Waals surface area contributed by atoms with Gasteiger partial charge in [0, 0.05) is 17.7 Å². The van der Waals surface area contributed by atoms with Crippen molar-refractivity contribution in [3.63, 3.8) is 0 Å². The highest BCUT2D eigenvalue weighted by atomic mass is 32.1. The SMILES string of the molecule is Cc1cccc(C(=O)NC(=S)Nc2ccc(Cc3nc4cc(C)ccc4o3)cc2)c1. The van der Waals surface area contributed by atoms with E-state index >= 15 is 0 Å². The number of thiocarbonyl (C=S) groups is 1. The van der Waals surface area contributed by atoms with Crippen LogP contribution < -0.4 is 10.6 Å². The Balaban J connectivity index is 1.36. The van der Waals surface area contributed by atoms with Crippen LogP contribution in [-0.4, -0.2) is 16.0 Å². The van der Waals surface area contributed by atoms with Gasteiger partial charge in [-0.25, -0.2) is 4.98 Å². The van der Waals surface area contributed by atoms with Crippen LogP contribution in [0.2, 0.25) is 0 Å². The van der Waals surface area contributed by atoms with Gasteiger partial charge in [0.15, 0.2) is 16.6 Å². The third-order valence-electron chi connectivity index (χ3n) is 4.66. The van der Waals surface area contributed by atoms with E-state index in [1.165, 1.54) is 0 Å². The molecule has 3 aromatic carbocycles. The Hall–Kier alpha value is -3.51. The van der Waals surface area contributed by atoms with Crippen LogP contribution in [-0.2, 0) is 6.42 Å². The molecule has 0 radical (unpaired) electrons. The zero-order valence-electron chi connectivity index (χ0n) is 16.7. The van der Waals surface area contributed by atoms with Crippen molar-refractivity contribution in [1.82, 2.24) is 10.3 Å². The second kappa shape index (κ2) is 8.47. The second-order valence-corrected chi connectivity index (χ2v) is 7.64. The van der Waals surface area contributed by atoms with Crippen molar-refractivity contribution in [2.75, 3.05) is 5.32 Å². The summed E-state index contributed by atoms with van der Waals surface area (Å²) < 4.78 is 5.82. The van der Waals surface area contributed by atoms with Crippen LogP contribution in [0.1, 0.15) is 32.9 Å². The van der Waals surface area contributed by atoms with Gasteiger partial charge in [0.2, 0.25) is 0 Å². The van der Waals surface area contributed by atoms with E-state index in [1.807, 2.05) is 74.5 Å². The smallest absolute Gasteiger partial charge is 0.257 e. The molecule has 0 spiro atoms. The highest BCUT2D eigenvalue weighted by molar-refractivity contribution is 7.80. The number of fused-ring (bicyclic) bond motifs is 1. The predicted molar refractivity (Wildman–Crippen MR) is 123 cm³/mol. The van der Waals surface area contributed by atoms with Gasteiger partial charge in [-0.15, -0.1) is 0 Å². The van der Waals surface area contributed by atoms with Gasteiger partial charge in [-0.2, -0.15) is 0 Å². The van der Waals surface area contributed by atoms with Gasteiger partial charge in [0.25, 0.3) is 5.91 Å². The Morgan fingerprint density at radius 1 is 1.00 bits per heavy atom. The lowest BCUT2D eigenvalue weighted by molar-refractivity contribution is 0.0977. The van der Waals surface area contributed by atoms with E-state index in [0.717, 1.165) is 33.5 Å². The Labute approximate surface area is 180 Å². The molecule has 1 amide bonds. The topological polar surface area (TPSA) is 67.2 Å². The molecule has 0 aliphatic rings. The molecule has 0 unspecified atom stereocenters. The fourth-order valence-corrected chi connectivity index (χ4v) is 3.38. The van der Waals surface area contributed by atoms with Gasteiger partial charge < -0.3 is 9.73 Å². The lowest BCUT2D eigenvalue weighted by Crippen LogP contribution is -2.34. The number of nitrogens with one attached hydrogen (secondary N) is 2. The maximum absolute atomic E-state index is 12.3. The van der Waals surface area contributed by atoms with Crippen molar-refractivity contribution in [3.8, 4) is 0 Å². The van der Waals surface area contributed by atoms with Crippen molar-refractivity contribution in [2.24, 2.45) is 0 Å². The predicted octanol–water partition coefficient (Wildman–Crippen LogP) is 5.16.